The quantitative estimate of drug-likeness (QED) is 0.623. The van der Waals surface area contributed by atoms with E-state index >= 15 is 0 Å². The van der Waals surface area contributed by atoms with Crippen LogP contribution in [0.4, 0.5) is 5.82 Å². The van der Waals surface area contributed by atoms with E-state index in [0.717, 1.165) is 24.2 Å². The summed E-state index contributed by atoms with van der Waals surface area (Å²) in [4.78, 5) is 27.4. The Morgan fingerprint density at radius 3 is 2.42 bits per heavy atom. The summed E-state index contributed by atoms with van der Waals surface area (Å²) in [6.07, 6.45) is 9.99. The molecule has 7 nitrogen and oxygen atoms in total. The largest absolute Gasteiger partial charge is 0.358 e. The number of imidazole rings is 1. The van der Waals surface area contributed by atoms with Crippen LogP contribution in [0.3, 0.4) is 0 Å². The first-order chi connectivity index (χ1) is 12.4. The molecular formula is C19H28N4O3. The van der Waals surface area contributed by atoms with E-state index in [-0.39, 0.29) is 29.7 Å². The number of hydrogen-bond acceptors (Lipinski definition) is 4. The fourth-order valence-electron chi connectivity index (χ4n) is 6.47. The zero-order chi connectivity index (χ0) is 18.5. The van der Waals surface area contributed by atoms with Crippen LogP contribution in [0.2, 0.25) is 0 Å². The highest BCUT2D eigenvalue weighted by Gasteiger charge is 2.54. The van der Waals surface area contributed by atoms with E-state index in [1.165, 1.54) is 49.3 Å². The molecule has 4 saturated carbocycles. The fourth-order valence-corrected chi connectivity index (χ4v) is 6.47. The van der Waals surface area contributed by atoms with Gasteiger partial charge in [0.25, 0.3) is 5.91 Å². The van der Waals surface area contributed by atoms with Gasteiger partial charge in [-0.2, -0.15) is 0 Å². The Morgan fingerprint density at radius 2 is 1.92 bits per heavy atom. The predicted octanol–water partition coefficient (Wildman–Crippen LogP) is 3.21. The molecule has 1 amide bonds. The lowest BCUT2D eigenvalue weighted by Gasteiger charge is -2.59. The van der Waals surface area contributed by atoms with E-state index in [4.69, 9.17) is 0 Å². The molecule has 0 radical (unpaired) electrons. The van der Waals surface area contributed by atoms with E-state index in [0.29, 0.717) is 5.82 Å². The summed E-state index contributed by atoms with van der Waals surface area (Å²) in [6.45, 7) is 3.80. The summed E-state index contributed by atoms with van der Waals surface area (Å²) in [5.74, 6) is 2.74. The minimum atomic E-state index is -0.482. The Balaban J connectivity index is 1.48. The van der Waals surface area contributed by atoms with Crippen LogP contribution in [0.25, 0.3) is 0 Å². The molecule has 142 valence electrons. The average molecular weight is 360 g/mol. The van der Waals surface area contributed by atoms with Crippen molar-refractivity contribution < 1.29 is 9.72 Å². The molecule has 4 fully saturated rings. The molecule has 0 unspecified atom stereocenters. The molecule has 1 atom stereocenters. The van der Waals surface area contributed by atoms with Crippen LogP contribution in [0.1, 0.15) is 57.7 Å². The number of rotatable bonds is 6. The molecule has 1 heterocycles. The van der Waals surface area contributed by atoms with Gasteiger partial charge in [-0.05, 0) is 73.0 Å². The Morgan fingerprint density at radius 1 is 1.35 bits per heavy atom. The number of nitrogens with one attached hydrogen (secondary N) is 1. The van der Waals surface area contributed by atoms with Crippen LogP contribution in [-0.2, 0) is 11.3 Å². The topological polar surface area (TPSA) is 90.1 Å². The molecule has 5 rings (SSSR count). The molecule has 1 aromatic heterocycles. The molecule has 4 aliphatic carbocycles. The first-order valence-electron chi connectivity index (χ1n) is 9.86. The molecule has 26 heavy (non-hydrogen) atoms. The summed E-state index contributed by atoms with van der Waals surface area (Å²) < 4.78 is 1.39. The maximum Gasteiger partial charge on any atom is 0.343 e. The SMILES string of the molecule is CC[C@@H](NC(=O)Cn1c([N+](=O)[O-])cnc1C)C12CC3CC(CC(C3)C1)C2. The molecule has 0 aliphatic heterocycles. The monoisotopic (exact) mass is 360 g/mol. The zero-order valence-electron chi connectivity index (χ0n) is 15.6. The number of carbonyl (C=O) groups is 1. The van der Waals surface area contributed by atoms with Crippen molar-refractivity contribution in [3.8, 4) is 0 Å². The lowest BCUT2D eigenvalue weighted by molar-refractivity contribution is -0.392. The number of nitro groups is 1. The average Bonchev–Trinajstić information content (AvgIpc) is 2.92. The molecule has 0 saturated heterocycles. The highest BCUT2D eigenvalue weighted by molar-refractivity contribution is 5.76. The first-order valence-corrected chi connectivity index (χ1v) is 9.86. The van der Waals surface area contributed by atoms with Gasteiger partial charge in [0.2, 0.25) is 0 Å². The van der Waals surface area contributed by atoms with Crippen LogP contribution in [0.5, 0.6) is 0 Å². The number of aromatic nitrogens is 2. The van der Waals surface area contributed by atoms with E-state index in [1.54, 1.807) is 6.92 Å². The molecule has 0 spiro atoms. The van der Waals surface area contributed by atoms with E-state index in [2.05, 4.69) is 17.2 Å². The van der Waals surface area contributed by atoms with Gasteiger partial charge in [0.1, 0.15) is 6.20 Å². The Bertz CT molecular complexity index is 691. The highest BCUT2D eigenvalue weighted by Crippen LogP contribution is 2.61. The Hall–Kier alpha value is -1.92. The lowest BCUT2D eigenvalue weighted by Crippen LogP contribution is -2.57. The van der Waals surface area contributed by atoms with Crippen molar-refractivity contribution in [2.24, 2.45) is 23.2 Å². The van der Waals surface area contributed by atoms with Crippen LogP contribution in [-0.4, -0.2) is 26.4 Å². The van der Waals surface area contributed by atoms with Gasteiger partial charge in [-0.15, -0.1) is 0 Å². The number of carbonyl (C=O) groups excluding carboxylic acids is 1. The maximum atomic E-state index is 12.7. The van der Waals surface area contributed by atoms with Gasteiger partial charge in [0.15, 0.2) is 12.4 Å². The van der Waals surface area contributed by atoms with Gasteiger partial charge in [0, 0.05) is 13.0 Å². The maximum absolute atomic E-state index is 12.7. The molecule has 1 N–H and O–H groups in total. The highest BCUT2D eigenvalue weighted by atomic mass is 16.6. The van der Waals surface area contributed by atoms with Crippen LogP contribution in [0, 0.1) is 40.2 Å². The van der Waals surface area contributed by atoms with Crippen molar-refractivity contribution in [1.29, 1.82) is 0 Å². The predicted molar refractivity (Wildman–Crippen MR) is 96.4 cm³/mol. The third-order valence-corrected chi connectivity index (χ3v) is 7.09. The summed E-state index contributed by atoms with van der Waals surface area (Å²) in [6, 6.07) is 0.172. The van der Waals surface area contributed by atoms with Gasteiger partial charge in [0.05, 0.1) is 0 Å². The molecule has 7 heteroatoms. The van der Waals surface area contributed by atoms with Crippen molar-refractivity contribution in [1.82, 2.24) is 14.9 Å². The van der Waals surface area contributed by atoms with Gasteiger partial charge in [-0.3, -0.25) is 4.79 Å². The number of nitrogens with zero attached hydrogens (tertiary/aromatic N) is 3. The fraction of sp³-hybridized carbons (Fsp3) is 0.789. The zero-order valence-corrected chi connectivity index (χ0v) is 15.6. The van der Waals surface area contributed by atoms with Crippen molar-refractivity contribution in [2.75, 3.05) is 0 Å². The van der Waals surface area contributed by atoms with Crippen molar-refractivity contribution in [2.45, 2.75) is 71.4 Å². The van der Waals surface area contributed by atoms with Crippen LogP contribution >= 0.6 is 0 Å². The van der Waals surface area contributed by atoms with Crippen molar-refractivity contribution in [3.05, 3.63) is 22.1 Å². The second-order valence-electron chi connectivity index (χ2n) is 8.82. The summed E-state index contributed by atoms with van der Waals surface area (Å²) in [7, 11) is 0. The van der Waals surface area contributed by atoms with Crippen LogP contribution < -0.4 is 5.32 Å². The summed E-state index contributed by atoms with van der Waals surface area (Å²) >= 11 is 0. The van der Waals surface area contributed by atoms with Gasteiger partial charge in [-0.25, -0.2) is 9.55 Å². The minimum absolute atomic E-state index is 0.0367. The summed E-state index contributed by atoms with van der Waals surface area (Å²) in [5, 5.41) is 14.4. The number of hydrogen-bond donors (Lipinski definition) is 1. The molecule has 1 aromatic rings. The third-order valence-electron chi connectivity index (χ3n) is 7.09. The van der Waals surface area contributed by atoms with Crippen LogP contribution in [0.15, 0.2) is 6.20 Å². The number of amides is 1. The van der Waals surface area contributed by atoms with Crippen molar-refractivity contribution in [3.63, 3.8) is 0 Å². The van der Waals surface area contributed by atoms with Gasteiger partial charge < -0.3 is 15.4 Å². The van der Waals surface area contributed by atoms with E-state index < -0.39 is 4.92 Å². The molecule has 4 aliphatic rings. The van der Waals surface area contributed by atoms with Crippen molar-refractivity contribution >= 4 is 11.7 Å². The first kappa shape index (κ1) is 17.5. The second kappa shape index (κ2) is 6.35. The Labute approximate surface area is 153 Å². The summed E-state index contributed by atoms with van der Waals surface area (Å²) in [5.41, 5.74) is 0.245. The molecule has 0 aromatic carbocycles. The normalized spacial score (nSPS) is 33.2. The molecular weight excluding hydrogens is 332 g/mol. The third kappa shape index (κ3) is 2.91. The van der Waals surface area contributed by atoms with E-state index in [1.807, 2.05) is 0 Å². The van der Waals surface area contributed by atoms with Gasteiger partial charge in [-0.1, -0.05) is 6.92 Å². The molecule has 4 bridgehead atoms. The minimum Gasteiger partial charge on any atom is -0.358 e. The van der Waals surface area contributed by atoms with Gasteiger partial charge >= 0.3 is 5.82 Å². The standard InChI is InChI=1S/C19H28N4O3/c1-3-16(19-7-13-4-14(8-19)6-15(5-13)9-19)21-17(24)11-22-12(2)20-10-18(22)23(25)26/h10,13-16H,3-9,11H2,1-2H3,(H,21,24)/t13?,14?,15?,16-,19?/m1/s1. The second-order valence-corrected chi connectivity index (χ2v) is 8.82. The Kier molecular flexibility index (Phi) is 4.28. The lowest BCUT2D eigenvalue weighted by atomic mass is 9.47. The van der Waals surface area contributed by atoms with E-state index in [9.17, 15) is 14.9 Å². The number of aryl methyl sites for hydroxylation is 1. The smallest absolute Gasteiger partial charge is 0.343 e.